The first-order valence-electron chi connectivity index (χ1n) is 6.18. The standard InChI is InChI=1S/C14H15FN2O/c15-11-3-1-10(2-4-11)7-14-16-8-12-5-6-13(18)9-17(12)14/h1-4,8,13,18H,5-7,9H2. The zero-order valence-electron chi connectivity index (χ0n) is 10.0. The highest BCUT2D eigenvalue weighted by molar-refractivity contribution is 5.22. The average Bonchev–Trinajstić information content (AvgIpc) is 2.75. The second kappa shape index (κ2) is 4.53. The van der Waals surface area contributed by atoms with Crippen LogP contribution in [0.15, 0.2) is 30.5 Å². The summed E-state index contributed by atoms with van der Waals surface area (Å²) in [5.74, 6) is 0.717. The highest BCUT2D eigenvalue weighted by atomic mass is 19.1. The predicted octanol–water partition coefficient (Wildman–Crippen LogP) is 1.92. The van der Waals surface area contributed by atoms with Crippen LogP contribution in [-0.4, -0.2) is 20.8 Å². The minimum absolute atomic E-state index is 0.223. The van der Waals surface area contributed by atoms with E-state index in [0.29, 0.717) is 13.0 Å². The summed E-state index contributed by atoms with van der Waals surface area (Å²) in [7, 11) is 0. The molecule has 0 amide bonds. The quantitative estimate of drug-likeness (QED) is 0.879. The molecule has 18 heavy (non-hydrogen) atoms. The van der Waals surface area contributed by atoms with Gasteiger partial charge in [0.1, 0.15) is 11.6 Å². The molecule has 3 nitrogen and oxygen atoms in total. The van der Waals surface area contributed by atoms with Gasteiger partial charge in [-0.05, 0) is 30.5 Å². The van der Waals surface area contributed by atoms with Gasteiger partial charge in [0.05, 0.1) is 12.6 Å². The van der Waals surface area contributed by atoms with Gasteiger partial charge in [-0.3, -0.25) is 0 Å². The van der Waals surface area contributed by atoms with Crippen LogP contribution in [0.3, 0.4) is 0 Å². The van der Waals surface area contributed by atoms with Crippen molar-refractivity contribution in [2.24, 2.45) is 0 Å². The zero-order valence-corrected chi connectivity index (χ0v) is 10.0. The second-order valence-corrected chi connectivity index (χ2v) is 4.77. The molecule has 94 valence electrons. The fraction of sp³-hybridized carbons (Fsp3) is 0.357. The Morgan fingerprint density at radius 1 is 1.33 bits per heavy atom. The van der Waals surface area contributed by atoms with E-state index < -0.39 is 0 Å². The molecule has 2 aromatic rings. The van der Waals surface area contributed by atoms with Gasteiger partial charge in [-0.25, -0.2) is 9.37 Å². The molecule has 0 saturated heterocycles. The third-order valence-electron chi connectivity index (χ3n) is 3.42. The van der Waals surface area contributed by atoms with Crippen LogP contribution < -0.4 is 0 Å². The van der Waals surface area contributed by atoms with Crippen molar-refractivity contribution < 1.29 is 9.50 Å². The van der Waals surface area contributed by atoms with E-state index in [1.54, 1.807) is 12.1 Å². The Balaban J connectivity index is 1.85. The molecule has 0 spiro atoms. The van der Waals surface area contributed by atoms with E-state index in [1.165, 1.54) is 17.8 Å². The highest BCUT2D eigenvalue weighted by Gasteiger charge is 2.19. The van der Waals surface area contributed by atoms with Crippen LogP contribution in [0.2, 0.25) is 0 Å². The van der Waals surface area contributed by atoms with E-state index in [2.05, 4.69) is 9.55 Å². The fourth-order valence-electron chi connectivity index (χ4n) is 2.42. The van der Waals surface area contributed by atoms with E-state index in [1.807, 2.05) is 6.20 Å². The monoisotopic (exact) mass is 246 g/mol. The Hall–Kier alpha value is -1.68. The number of fused-ring (bicyclic) bond motifs is 1. The number of nitrogens with zero attached hydrogens (tertiary/aromatic N) is 2. The number of aromatic nitrogens is 2. The molecule has 0 aliphatic carbocycles. The highest BCUT2D eigenvalue weighted by Crippen LogP contribution is 2.19. The van der Waals surface area contributed by atoms with Gasteiger partial charge in [0.25, 0.3) is 0 Å². The van der Waals surface area contributed by atoms with Gasteiger partial charge in [-0.15, -0.1) is 0 Å². The van der Waals surface area contributed by atoms with Crippen LogP contribution in [0.25, 0.3) is 0 Å². The molecular formula is C14H15FN2O. The lowest BCUT2D eigenvalue weighted by Crippen LogP contribution is -2.25. The van der Waals surface area contributed by atoms with E-state index in [4.69, 9.17) is 0 Å². The minimum atomic E-state index is -0.279. The summed E-state index contributed by atoms with van der Waals surface area (Å²) in [4.78, 5) is 4.41. The third-order valence-corrected chi connectivity index (χ3v) is 3.42. The number of aliphatic hydroxyl groups excluding tert-OH is 1. The van der Waals surface area contributed by atoms with E-state index >= 15 is 0 Å². The first kappa shape index (κ1) is 11.4. The molecule has 1 aromatic carbocycles. The van der Waals surface area contributed by atoms with E-state index in [9.17, 15) is 9.50 Å². The number of hydrogen-bond acceptors (Lipinski definition) is 2. The summed E-state index contributed by atoms with van der Waals surface area (Å²) in [6, 6.07) is 6.47. The predicted molar refractivity (Wildman–Crippen MR) is 65.8 cm³/mol. The molecule has 1 aliphatic rings. The van der Waals surface area contributed by atoms with Crippen LogP contribution in [0.4, 0.5) is 4.39 Å². The van der Waals surface area contributed by atoms with Gasteiger partial charge in [-0.1, -0.05) is 12.1 Å². The maximum Gasteiger partial charge on any atom is 0.123 e. The van der Waals surface area contributed by atoms with E-state index in [0.717, 1.165) is 24.2 Å². The van der Waals surface area contributed by atoms with Crippen molar-refractivity contribution in [2.45, 2.75) is 31.9 Å². The molecule has 1 aromatic heterocycles. The Kier molecular flexibility index (Phi) is 2.88. The second-order valence-electron chi connectivity index (χ2n) is 4.77. The number of aryl methyl sites for hydroxylation is 1. The molecule has 0 radical (unpaired) electrons. The molecule has 1 atom stereocenters. The summed E-state index contributed by atoms with van der Waals surface area (Å²) in [5, 5.41) is 9.70. The number of imidazole rings is 1. The van der Waals surface area contributed by atoms with Gasteiger partial charge in [0.2, 0.25) is 0 Å². The summed E-state index contributed by atoms with van der Waals surface area (Å²) >= 11 is 0. The van der Waals surface area contributed by atoms with Crippen molar-refractivity contribution in [1.29, 1.82) is 0 Å². The van der Waals surface area contributed by atoms with Crippen molar-refractivity contribution in [1.82, 2.24) is 9.55 Å². The van der Waals surface area contributed by atoms with Crippen LogP contribution in [-0.2, 0) is 19.4 Å². The molecular weight excluding hydrogens is 231 g/mol. The number of hydrogen-bond donors (Lipinski definition) is 1. The Bertz CT molecular complexity index is 547. The van der Waals surface area contributed by atoms with Gasteiger partial charge in [0, 0.05) is 18.3 Å². The lowest BCUT2D eigenvalue weighted by molar-refractivity contribution is 0.130. The molecule has 1 aliphatic heterocycles. The van der Waals surface area contributed by atoms with Crippen LogP contribution in [0.5, 0.6) is 0 Å². The average molecular weight is 246 g/mol. The first-order chi connectivity index (χ1) is 8.72. The van der Waals surface area contributed by atoms with Crippen molar-refractivity contribution >= 4 is 0 Å². The molecule has 3 rings (SSSR count). The summed E-state index contributed by atoms with van der Waals surface area (Å²) in [6.07, 6.45) is 3.95. The zero-order chi connectivity index (χ0) is 12.5. The van der Waals surface area contributed by atoms with Gasteiger partial charge in [0.15, 0.2) is 0 Å². The molecule has 0 saturated carbocycles. The van der Waals surface area contributed by atoms with Crippen LogP contribution in [0.1, 0.15) is 23.5 Å². The Labute approximate surface area is 105 Å². The molecule has 1 unspecified atom stereocenters. The fourth-order valence-corrected chi connectivity index (χ4v) is 2.42. The normalized spacial score (nSPS) is 18.7. The smallest absolute Gasteiger partial charge is 0.123 e. The van der Waals surface area contributed by atoms with Crippen LogP contribution in [0, 0.1) is 5.82 Å². The van der Waals surface area contributed by atoms with Gasteiger partial charge >= 0.3 is 0 Å². The van der Waals surface area contributed by atoms with Crippen LogP contribution >= 0.6 is 0 Å². The lowest BCUT2D eigenvalue weighted by atomic mass is 10.1. The molecule has 1 N–H and O–H groups in total. The lowest BCUT2D eigenvalue weighted by Gasteiger charge is -2.21. The SMILES string of the molecule is OC1CCc2cnc(Cc3ccc(F)cc3)n2C1. The number of rotatable bonds is 2. The van der Waals surface area contributed by atoms with Crippen molar-refractivity contribution in [3.63, 3.8) is 0 Å². The molecule has 0 bridgehead atoms. The Morgan fingerprint density at radius 3 is 2.89 bits per heavy atom. The van der Waals surface area contributed by atoms with Crippen molar-refractivity contribution in [3.05, 3.63) is 53.4 Å². The Morgan fingerprint density at radius 2 is 2.11 bits per heavy atom. The summed E-state index contributed by atoms with van der Waals surface area (Å²) in [6.45, 7) is 0.617. The maximum absolute atomic E-state index is 12.8. The van der Waals surface area contributed by atoms with E-state index in [-0.39, 0.29) is 11.9 Å². The van der Waals surface area contributed by atoms with Crippen molar-refractivity contribution in [3.8, 4) is 0 Å². The number of halogens is 1. The number of benzene rings is 1. The first-order valence-corrected chi connectivity index (χ1v) is 6.18. The maximum atomic E-state index is 12.8. The third kappa shape index (κ3) is 2.16. The number of aliphatic hydroxyl groups is 1. The van der Waals surface area contributed by atoms with Gasteiger partial charge < -0.3 is 9.67 Å². The largest absolute Gasteiger partial charge is 0.391 e. The molecule has 0 fully saturated rings. The van der Waals surface area contributed by atoms with Gasteiger partial charge in [-0.2, -0.15) is 0 Å². The summed E-state index contributed by atoms with van der Waals surface area (Å²) in [5.41, 5.74) is 2.21. The summed E-state index contributed by atoms with van der Waals surface area (Å²) < 4.78 is 14.9. The minimum Gasteiger partial charge on any atom is -0.391 e. The van der Waals surface area contributed by atoms with Crippen molar-refractivity contribution in [2.75, 3.05) is 0 Å². The molecule has 4 heteroatoms. The topological polar surface area (TPSA) is 38.1 Å². The molecule has 2 heterocycles.